The maximum atomic E-state index is 13.2. The average Bonchev–Trinajstić information content (AvgIpc) is 3.22. The zero-order chi connectivity index (χ0) is 26.2. The lowest BCUT2D eigenvalue weighted by molar-refractivity contribution is -0.132. The number of carbonyl (C=O) groups is 3. The summed E-state index contributed by atoms with van der Waals surface area (Å²) in [6.45, 7) is 10.3. The lowest BCUT2D eigenvalue weighted by Crippen LogP contribution is -2.56. The van der Waals surface area contributed by atoms with Crippen LogP contribution in [0.2, 0.25) is 0 Å². The molecule has 0 bridgehead atoms. The number of amides is 3. The number of furan rings is 1. The normalized spacial score (nSPS) is 19.1. The summed E-state index contributed by atoms with van der Waals surface area (Å²) in [5.41, 5.74) is 0.272. The molecule has 1 saturated heterocycles. The number of nitrogens with zero attached hydrogens (tertiary/aromatic N) is 3. The third-order valence-corrected chi connectivity index (χ3v) is 6.26. The monoisotopic (exact) mass is 499 g/mol. The number of anilines is 2. The highest BCUT2D eigenvalue weighted by molar-refractivity contribution is 6.13. The van der Waals surface area contributed by atoms with E-state index in [1.807, 2.05) is 32.6 Å². The largest absolute Gasteiger partial charge is 0.473 e. The highest BCUT2D eigenvalue weighted by Crippen LogP contribution is 2.31. The number of nitrogens with one attached hydrogen (secondary N) is 2. The van der Waals surface area contributed by atoms with Crippen molar-refractivity contribution in [1.29, 1.82) is 0 Å². The second-order valence-corrected chi connectivity index (χ2v) is 10.1. The van der Waals surface area contributed by atoms with Crippen LogP contribution in [0.3, 0.4) is 0 Å². The van der Waals surface area contributed by atoms with E-state index in [0.29, 0.717) is 43.3 Å². The minimum absolute atomic E-state index is 0.0813. The van der Waals surface area contributed by atoms with Gasteiger partial charge in [-0.2, -0.15) is 4.98 Å². The molecule has 0 aromatic carbocycles. The van der Waals surface area contributed by atoms with Crippen LogP contribution in [0.5, 0.6) is 5.88 Å². The van der Waals surface area contributed by atoms with E-state index < -0.39 is 11.4 Å². The van der Waals surface area contributed by atoms with Crippen molar-refractivity contribution in [3.63, 3.8) is 0 Å². The fourth-order valence-electron chi connectivity index (χ4n) is 4.60. The highest BCUT2D eigenvalue weighted by Gasteiger charge is 2.36. The standard InChI is InChI=1S/C25H33N5O6/c1-14(2)36-24-18(6-7-20(27-24)29-8-9-30(15(3)32)16(11-29)12-31)26-22(33)17-13-35-19-10-25(4,5)28-23(34)21(17)19/h6-7,13-14,16,31H,8-12H2,1-5H3,(H,26,33)(H,28,34)/t16-/m1/s1. The summed E-state index contributed by atoms with van der Waals surface area (Å²) in [5.74, 6) is 0.371. The summed E-state index contributed by atoms with van der Waals surface area (Å²) in [4.78, 5) is 45.9. The van der Waals surface area contributed by atoms with Crippen LogP contribution in [0, 0.1) is 0 Å². The van der Waals surface area contributed by atoms with E-state index in [1.54, 1.807) is 17.0 Å². The Labute approximate surface area is 209 Å². The first-order valence-corrected chi connectivity index (χ1v) is 12.0. The van der Waals surface area contributed by atoms with E-state index in [9.17, 15) is 19.5 Å². The Balaban J connectivity index is 1.57. The minimum atomic E-state index is -0.506. The van der Waals surface area contributed by atoms with Gasteiger partial charge in [0.05, 0.1) is 29.9 Å². The van der Waals surface area contributed by atoms with E-state index in [4.69, 9.17) is 9.15 Å². The van der Waals surface area contributed by atoms with Gasteiger partial charge in [0.25, 0.3) is 11.8 Å². The number of carbonyl (C=O) groups excluding carboxylic acids is 3. The van der Waals surface area contributed by atoms with Crippen molar-refractivity contribution < 1.29 is 28.6 Å². The Bertz CT molecular complexity index is 1170. The third kappa shape index (κ3) is 5.15. The fourth-order valence-corrected chi connectivity index (χ4v) is 4.60. The van der Waals surface area contributed by atoms with Crippen molar-refractivity contribution in [3.05, 3.63) is 35.3 Å². The zero-order valence-electron chi connectivity index (χ0n) is 21.3. The van der Waals surface area contributed by atoms with Crippen LogP contribution >= 0.6 is 0 Å². The minimum Gasteiger partial charge on any atom is -0.473 e. The van der Waals surface area contributed by atoms with Gasteiger partial charge in [-0.15, -0.1) is 0 Å². The molecule has 2 aliphatic heterocycles. The number of piperazine rings is 1. The Hall–Kier alpha value is -3.60. The molecule has 2 aromatic rings. The number of aliphatic hydroxyl groups is 1. The molecule has 11 nitrogen and oxygen atoms in total. The predicted molar refractivity (Wildman–Crippen MR) is 132 cm³/mol. The van der Waals surface area contributed by atoms with Gasteiger partial charge in [0.15, 0.2) is 0 Å². The Morgan fingerprint density at radius 3 is 2.75 bits per heavy atom. The lowest BCUT2D eigenvalue weighted by Gasteiger charge is -2.40. The molecule has 0 saturated carbocycles. The van der Waals surface area contributed by atoms with Crippen molar-refractivity contribution in [3.8, 4) is 5.88 Å². The van der Waals surface area contributed by atoms with Gasteiger partial charge in [-0.25, -0.2) is 0 Å². The fraction of sp³-hybridized carbons (Fsp3) is 0.520. The lowest BCUT2D eigenvalue weighted by atomic mass is 9.91. The number of aromatic nitrogens is 1. The molecule has 194 valence electrons. The number of aliphatic hydroxyl groups excluding tert-OH is 1. The summed E-state index contributed by atoms with van der Waals surface area (Å²) in [7, 11) is 0. The molecule has 36 heavy (non-hydrogen) atoms. The van der Waals surface area contributed by atoms with Gasteiger partial charge >= 0.3 is 0 Å². The molecule has 0 radical (unpaired) electrons. The van der Waals surface area contributed by atoms with Gasteiger partial charge in [-0.3, -0.25) is 14.4 Å². The molecule has 1 atom stereocenters. The molecule has 0 unspecified atom stereocenters. The van der Waals surface area contributed by atoms with Gasteiger partial charge < -0.3 is 34.7 Å². The summed E-state index contributed by atoms with van der Waals surface area (Å²) in [5, 5.41) is 15.5. The topological polar surface area (TPSA) is 137 Å². The Morgan fingerprint density at radius 2 is 2.08 bits per heavy atom. The smallest absolute Gasteiger partial charge is 0.259 e. The van der Waals surface area contributed by atoms with Crippen molar-refractivity contribution in [1.82, 2.24) is 15.2 Å². The third-order valence-electron chi connectivity index (χ3n) is 6.26. The molecular weight excluding hydrogens is 466 g/mol. The van der Waals surface area contributed by atoms with Crippen molar-refractivity contribution in [2.24, 2.45) is 0 Å². The quantitative estimate of drug-likeness (QED) is 0.547. The Kier molecular flexibility index (Phi) is 6.94. The van der Waals surface area contributed by atoms with Crippen LogP contribution in [0.15, 0.2) is 22.8 Å². The molecule has 0 spiro atoms. The van der Waals surface area contributed by atoms with E-state index in [1.165, 1.54) is 13.2 Å². The van der Waals surface area contributed by atoms with Crippen LogP contribution in [0.25, 0.3) is 0 Å². The summed E-state index contributed by atoms with van der Waals surface area (Å²) in [6, 6.07) is 3.11. The summed E-state index contributed by atoms with van der Waals surface area (Å²) < 4.78 is 11.5. The second kappa shape index (κ2) is 9.81. The van der Waals surface area contributed by atoms with E-state index in [0.717, 1.165) is 0 Å². The molecule has 3 N–H and O–H groups in total. The van der Waals surface area contributed by atoms with E-state index >= 15 is 0 Å². The van der Waals surface area contributed by atoms with Crippen molar-refractivity contribution in [2.75, 3.05) is 36.5 Å². The van der Waals surface area contributed by atoms with Crippen LogP contribution < -0.4 is 20.3 Å². The first-order valence-electron chi connectivity index (χ1n) is 12.0. The van der Waals surface area contributed by atoms with Gasteiger partial charge in [0, 0.05) is 38.5 Å². The molecule has 3 amide bonds. The molecular formula is C25H33N5O6. The molecule has 4 heterocycles. The molecule has 11 heteroatoms. The second-order valence-electron chi connectivity index (χ2n) is 10.1. The van der Waals surface area contributed by atoms with E-state index in [2.05, 4.69) is 15.6 Å². The average molecular weight is 500 g/mol. The maximum Gasteiger partial charge on any atom is 0.259 e. The van der Waals surface area contributed by atoms with Crippen molar-refractivity contribution >= 4 is 29.2 Å². The van der Waals surface area contributed by atoms with Crippen LogP contribution in [0.1, 0.15) is 61.1 Å². The van der Waals surface area contributed by atoms with Gasteiger partial charge in [-0.05, 0) is 39.8 Å². The molecule has 2 aromatic heterocycles. The number of ether oxygens (including phenoxy) is 1. The molecule has 1 fully saturated rings. The number of pyridine rings is 1. The first kappa shape index (κ1) is 25.5. The first-order chi connectivity index (χ1) is 17.0. The van der Waals surface area contributed by atoms with Crippen molar-refractivity contribution in [2.45, 2.75) is 58.7 Å². The van der Waals surface area contributed by atoms with Crippen LogP contribution in [0.4, 0.5) is 11.5 Å². The van der Waals surface area contributed by atoms with Gasteiger partial charge in [0.2, 0.25) is 11.8 Å². The maximum absolute atomic E-state index is 13.2. The summed E-state index contributed by atoms with van der Waals surface area (Å²) in [6.07, 6.45) is 1.57. The number of hydrogen-bond donors (Lipinski definition) is 3. The SMILES string of the molecule is CC(=O)N1CCN(c2ccc(NC(=O)c3coc4c3C(=O)NC(C)(C)C4)c(OC(C)C)n2)C[C@@H]1CO. The molecule has 0 aliphatic carbocycles. The number of rotatable bonds is 6. The highest BCUT2D eigenvalue weighted by atomic mass is 16.5. The zero-order valence-corrected chi connectivity index (χ0v) is 21.3. The van der Waals surface area contributed by atoms with Crippen LogP contribution in [-0.4, -0.2) is 76.6 Å². The molecule has 4 rings (SSSR count). The summed E-state index contributed by atoms with van der Waals surface area (Å²) >= 11 is 0. The Morgan fingerprint density at radius 1 is 1.33 bits per heavy atom. The van der Waals surface area contributed by atoms with E-state index in [-0.39, 0.29) is 47.6 Å². The van der Waals surface area contributed by atoms with Gasteiger partial charge in [0.1, 0.15) is 23.5 Å². The predicted octanol–water partition coefficient (Wildman–Crippen LogP) is 1.81. The van der Waals surface area contributed by atoms with Crippen LogP contribution in [-0.2, 0) is 11.2 Å². The molecule has 2 aliphatic rings. The number of hydrogen-bond acceptors (Lipinski definition) is 8. The van der Waals surface area contributed by atoms with Gasteiger partial charge in [-0.1, -0.05) is 0 Å². The number of fused-ring (bicyclic) bond motifs is 1.